The Labute approximate surface area is 294 Å². The van der Waals surface area contributed by atoms with E-state index in [-0.39, 0.29) is 42.1 Å². The molecule has 2 aliphatic heterocycles. The molecule has 0 saturated carbocycles. The lowest BCUT2D eigenvalue weighted by atomic mass is 9.80. The number of rotatable bonds is 14. The van der Waals surface area contributed by atoms with E-state index < -0.39 is 28.4 Å². The van der Waals surface area contributed by atoms with E-state index in [1.54, 1.807) is 26.0 Å². The number of allylic oxidation sites excluding steroid dienone is 2. The molecule has 50 heavy (non-hydrogen) atoms. The van der Waals surface area contributed by atoms with Crippen molar-refractivity contribution in [3.63, 3.8) is 0 Å². The van der Waals surface area contributed by atoms with Crippen LogP contribution in [-0.4, -0.2) is 66.3 Å². The monoisotopic (exact) mass is 681 g/mol. The van der Waals surface area contributed by atoms with Crippen molar-refractivity contribution in [2.24, 2.45) is 0 Å². The third-order valence-electron chi connectivity index (χ3n) is 9.37. The number of benzene rings is 3. The van der Waals surface area contributed by atoms with Crippen molar-refractivity contribution < 1.29 is 28.7 Å². The number of carbonyl (C=O) groups is 2. The van der Waals surface area contributed by atoms with E-state index in [9.17, 15) is 19.7 Å². The molecule has 0 aliphatic carbocycles. The Balaban J connectivity index is 1.35. The molecule has 2 unspecified atom stereocenters. The van der Waals surface area contributed by atoms with Gasteiger partial charge in [0.1, 0.15) is 12.2 Å². The Hall–Kier alpha value is -4.80. The number of nitrogens with zero attached hydrogens (tertiary/aromatic N) is 2. The first-order chi connectivity index (χ1) is 24.0. The number of hydrogen-bond acceptors (Lipinski definition) is 9. The highest BCUT2D eigenvalue weighted by Gasteiger charge is 2.43. The van der Waals surface area contributed by atoms with Crippen LogP contribution in [-0.2, 0) is 23.8 Å². The van der Waals surface area contributed by atoms with E-state index >= 15 is 0 Å². The van der Waals surface area contributed by atoms with Crippen LogP contribution in [0.3, 0.4) is 0 Å². The van der Waals surface area contributed by atoms with E-state index in [4.69, 9.17) is 14.2 Å². The standard InChI is InChI=1S/C40H47N3O7/c1-27(2)48-23-24-49-38(44)35-28(3)41-29(4)36(37(35)32-17-12-18-33(25-32)43(46)47)39(45)50-40(5)20-22-42(26-40)21-19-34(30-13-8-6-9-14-30)31-15-10-7-11-16-31/h6-18,25,27,34,37,41H,19-24,26H2,1-5H3. The van der Waals surface area contributed by atoms with Gasteiger partial charge in [-0.1, -0.05) is 72.8 Å². The average molecular weight is 682 g/mol. The second-order valence-electron chi connectivity index (χ2n) is 13.6. The van der Waals surface area contributed by atoms with Gasteiger partial charge in [0, 0.05) is 49.0 Å². The Morgan fingerprint density at radius 2 is 1.54 bits per heavy atom. The Kier molecular flexibility index (Phi) is 11.9. The van der Waals surface area contributed by atoms with Crippen LogP contribution in [0.2, 0.25) is 0 Å². The van der Waals surface area contributed by atoms with Crippen LogP contribution in [0.1, 0.15) is 76.0 Å². The highest BCUT2D eigenvalue weighted by atomic mass is 16.6. The molecule has 0 spiro atoms. The van der Waals surface area contributed by atoms with E-state index in [2.05, 4.69) is 58.7 Å². The summed E-state index contributed by atoms with van der Waals surface area (Å²) in [7, 11) is 0. The zero-order valence-corrected chi connectivity index (χ0v) is 29.5. The largest absolute Gasteiger partial charge is 0.460 e. The van der Waals surface area contributed by atoms with Crippen molar-refractivity contribution in [3.8, 4) is 0 Å². The molecule has 0 bridgehead atoms. The zero-order chi connectivity index (χ0) is 35.8. The fraction of sp³-hybridized carbons (Fsp3) is 0.400. The number of esters is 2. The maximum absolute atomic E-state index is 14.3. The van der Waals surface area contributed by atoms with E-state index in [1.807, 2.05) is 32.9 Å². The molecule has 0 amide bonds. The summed E-state index contributed by atoms with van der Waals surface area (Å²) in [6.07, 6.45) is 1.51. The van der Waals surface area contributed by atoms with Crippen LogP contribution in [0.15, 0.2) is 107 Å². The molecule has 0 radical (unpaired) electrons. The van der Waals surface area contributed by atoms with Gasteiger partial charge in [0.15, 0.2) is 0 Å². The molecule has 1 saturated heterocycles. The lowest BCUT2D eigenvalue weighted by Crippen LogP contribution is -2.39. The van der Waals surface area contributed by atoms with Crippen LogP contribution >= 0.6 is 0 Å². The van der Waals surface area contributed by atoms with E-state index in [0.717, 1.165) is 19.5 Å². The molecule has 2 atom stereocenters. The van der Waals surface area contributed by atoms with Crippen molar-refractivity contribution in [3.05, 3.63) is 134 Å². The molecule has 3 aromatic carbocycles. The number of nitro groups is 1. The predicted octanol–water partition coefficient (Wildman–Crippen LogP) is 7.03. The molecule has 0 aromatic heterocycles. The molecule has 2 heterocycles. The third-order valence-corrected chi connectivity index (χ3v) is 9.37. The summed E-state index contributed by atoms with van der Waals surface area (Å²) in [5.74, 6) is -1.93. The lowest BCUT2D eigenvalue weighted by Gasteiger charge is -2.33. The molecule has 5 rings (SSSR count). The number of ether oxygens (including phenoxy) is 3. The summed E-state index contributed by atoms with van der Waals surface area (Å²) in [6, 6.07) is 27.0. The number of carbonyl (C=O) groups excluding carboxylic acids is 2. The first kappa shape index (κ1) is 36.5. The van der Waals surface area contributed by atoms with E-state index in [1.165, 1.54) is 23.3 Å². The topological polar surface area (TPSA) is 120 Å². The van der Waals surface area contributed by atoms with Crippen molar-refractivity contribution >= 4 is 17.6 Å². The second kappa shape index (κ2) is 16.3. The van der Waals surface area contributed by atoms with Gasteiger partial charge < -0.3 is 19.5 Å². The third kappa shape index (κ3) is 8.86. The quantitative estimate of drug-likeness (QED) is 0.0828. The first-order valence-corrected chi connectivity index (χ1v) is 17.2. The highest BCUT2D eigenvalue weighted by molar-refractivity contribution is 6.00. The van der Waals surface area contributed by atoms with Gasteiger partial charge in [-0.25, -0.2) is 9.59 Å². The number of likely N-dealkylation sites (tertiary alicyclic amines) is 1. The smallest absolute Gasteiger partial charge is 0.337 e. The molecule has 10 nitrogen and oxygen atoms in total. The predicted molar refractivity (Wildman–Crippen MR) is 191 cm³/mol. The van der Waals surface area contributed by atoms with Gasteiger partial charge in [0.05, 0.1) is 34.7 Å². The zero-order valence-electron chi connectivity index (χ0n) is 29.5. The van der Waals surface area contributed by atoms with Gasteiger partial charge in [-0.2, -0.15) is 0 Å². The normalized spacial score (nSPS) is 19.5. The Morgan fingerprint density at radius 1 is 0.920 bits per heavy atom. The second-order valence-corrected chi connectivity index (χ2v) is 13.6. The van der Waals surface area contributed by atoms with Gasteiger partial charge in [0.25, 0.3) is 5.69 Å². The lowest BCUT2D eigenvalue weighted by molar-refractivity contribution is -0.384. The summed E-state index contributed by atoms with van der Waals surface area (Å²) in [5.41, 5.74) is 3.43. The van der Waals surface area contributed by atoms with Crippen molar-refractivity contribution in [2.45, 2.75) is 71.0 Å². The summed E-state index contributed by atoms with van der Waals surface area (Å²) < 4.78 is 17.5. The van der Waals surface area contributed by atoms with Crippen molar-refractivity contribution in [1.82, 2.24) is 10.2 Å². The van der Waals surface area contributed by atoms with Gasteiger partial charge >= 0.3 is 11.9 Å². The fourth-order valence-electron chi connectivity index (χ4n) is 6.97. The number of non-ortho nitro benzene ring substituents is 1. The van der Waals surface area contributed by atoms with Crippen LogP contribution in [0, 0.1) is 10.1 Å². The molecule has 1 fully saturated rings. The Morgan fingerprint density at radius 3 is 2.14 bits per heavy atom. The molecule has 1 N–H and O–H groups in total. The summed E-state index contributed by atoms with van der Waals surface area (Å²) in [6.45, 7) is 11.6. The number of hydrogen-bond donors (Lipinski definition) is 1. The van der Waals surface area contributed by atoms with Gasteiger partial charge in [-0.05, 0) is 64.3 Å². The minimum Gasteiger partial charge on any atom is -0.460 e. The average Bonchev–Trinajstić information content (AvgIpc) is 3.46. The highest BCUT2D eigenvalue weighted by Crippen LogP contribution is 2.41. The minimum atomic E-state index is -0.944. The molecule has 264 valence electrons. The summed E-state index contributed by atoms with van der Waals surface area (Å²) in [4.78, 5) is 41.5. The minimum absolute atomic E-state index is 0.0151. The Bertz CT molecular complexity index is 1700. The molecule has 2 aliphatic rings. The maximum Gasteiger partial charge on any atom is 0.337 e. The van der Waals surface area contributed by atoms with Crippen molar-refractivity contribution in [1.29, 1.82) is 0 Å². The number of nitro benzene ring substituents is 1. The molecule has 3 aromatic rings. The molecular weight excluding hydrogens is 634 g/mol. The van der Waals surface area contributed by atoms with E-state index in [0.29, 0.717) is 29.9 Å². The van der Waals surface area contributed by atoms with Crippen molar-refractivity contribution in [2.75, 3.05) is 32.8 Å². The van der Waals surface area contributed by atoms with Crippen LogP contribution in [0.25, 0.3) is 0 Å². The SMILES string of the molecule is CC1=C(C(=O)OCCOC(C)C)C(c2cccc([N+](=O)[O-])c2)C(C(=O)OC2(C)CCN(CCC(c3ccccc3)c3ccccc3)C2)=C(C)N1. The summed E-state index contributed by atoms with van der Waals surface area (Å²) >= 11 is 0. The molecular formula is C40H47N3O7. The fourth-order valence-corrected chi connectivity index (χ4v) is 6.97. The van der Waals surface area contributed by atoms with Crippen LogP contribution < -0.4 is 5.32 Å². The van der Waals surface area contributed by atoms with Crippen LogP contribution in [0.4, 0.5) is 5.69 Å². The summed E-state index contributed by atoms with van der Waals surface area (Å²) in [5, 5.41) is 14.9. The van der Waals surface area contributed by atoms with Gasteiger partial charge in [-0.3, -0.25) is 15.0 Å². The first-order valence-electron chi connectivity index (χ1n) is 17.2. The van der Waals surface area contributed by atoms with Gasteiger partial charge in [-0.15, -0.1) is 0 Å². The maximum atomic E-state index is 14.3. The number of dihydropyridines is 1. The molecule has 10 heteroatoms. The number of nitrogens with one attached hydrogen (secondary N) is 1. The van der Waals surface area contributed by atoms with Crippen LogP contribution in [0.5, 0.6) is 0 Å². The van der Waals surface area contributed by atoms with Gasteiger partial charge in [0.2, 0.25) is 0 Å².